The fraction of sp³-hybridized carbons (Fsp3) is 0.353. The molecule has 0 bridgehead atoms. The van der Waals surface area contributed by atoms with Crippen molar-refractivity contribution >= 4 is 0 Å². The van der Waals surface area contributed by atoms with Gasteiger partial charge in [0.15, 0.2) is 11.6 Å². The van der Waals surface area contributed by atoms with Crippen molar-refractivity contribution in [2.75, 3.05) is 20.6 Å². The molecule has 0 aliphatic heterocycles. The fourth-order valence-electron chi connectivity index (χ4n) is 2.20. The van der Waals surface area contributed by atoms with E-state index < -0.39 is 11.6 Å². The number of ether oxygens (including phenoxy) is 1. The minimum absolute atomic E-state index is 0.213. The van der Waals surface area contributed by atoms with Crippen LogP contribution in [-0.4, -0.2) is 36.6 Å². The van der Waals surface area contributed by atoms with Gasteiger partial charge in [0.2, 0.25) is 5.88 Å². The molecule has 6 heteroatoms. The first-order valence-electron chi connectivity index (χ1n) is 7.40. The highest BCUT2D eigenvalue weighted by molar-refractivity contribution is 5.32. The number of aromatic nitrogens is 1. The number of nitrogens with one attached hydrogen (secondary N) is 1. The third kappa shape index (κ3) is 5.26. The summed E-state index contributed by atoms with van der Waals surface area (Å²) in [4.78, 5) is 6.27. The monoisotopic (exact) mass is 321 g/mol. The number of pyridine rings is 1. The van der Waals surface area contributed by atoms with Crippen LogP contribution < -0.4 is 10.1 Å². The van der Waals surface area contributed by atoms with E-state index in [1.54, 1.807) is 6.20 Å². The van der Waals surface area contributed by atoms with E-state index in [-0.39, 0.29) is 5.75 Å². The van der Waals surface area contributed by atoms with Gasteiger partial charge in [0.1, 0.15) is 5.75 Å². The molecule has 1 aromatic carbocycles. The number of hydrogen-bond acceptors (Lipinski definition) is 4. The molecule has 23 heavy (non-hydrogen) atoms. The third-order valence-corrected chi connectivity index (χ3v) is 3.24. The smallest absolute Gasteiger partial charge is 0.223 e. The summed E-state index contributed by atoms with van der Waals surface area (Å²) in [5, 5.41) is 3.38. The van der Waals surface area contributed by atoms with Gasteiger partial charge in [-0.2, -0.15) is 0 Å². The average Bonchev–Trinajstić information content (AvgIpc) is 2.49. The largest absolute Gasteiger partial charge is 0.439 e. The Balaban J connectivity index is 2.06. The minimum Gasteiger partial charge on any atom is -0.439 e. The van der Waals surface area contributed by atoms with Crippen LogP contribution in [0.25, 0.3) is 0 Å². The zero-order chi connectivity index (χ0) is 16.8. The van der Waals surface area contributed by atoms with Crippen LogP contribution in [0.4, 0.5) is 8.78 Å². The maximum atomic E-state index is 13.3. The van der Waals surface area contributed by atoms with Gasteiger partial charge in [0, 0.05) is 37.0 Å². The van der Waals surface area contributed by atoms with Crippen LogP contribution in [0.2, 0.25) is 0 Å². The molecule has 1 heterocycles. The second kappa shape index (κ2) is 7.99. The van der Waals surface area contributed by atoms with E-state index in [0.29, 0.717) is 18.5 Å². The highest BCUT2D eigenvalue weighted by Gasteiger charge is 2.10. The number of likely N-dealkylation sites (N-methyl/N-ethyl adjacent to an activating group) is 1. The fourth-order valence-corrected chi connectivity index (χ4v) is 2.20. The molecule has 2 aromatic rings. The maximum absolute atomic E-state index is 13.3. The summed E-state index contributed by atoms with van der Waals surface area (Å²) in [6.07, 6.45) is 1.60. The zero-order valence-electron chi connectivity index (χ0n) is 13.5. The molecule has 1 atom stereocenters. The predicted octanol–water partition coefficient (Wildman–Crippen LogP) is 3.19. The van der Waals surface area contributed by atoms with E-state index in [2.05, 4.69) is 22.1 Å². The number of halogens is 2. The van der Waals surface area contributed by atoms with E-state index in [1.807, 2.05) is 26.2 Å². The number of benzene rings is 1. The van der Waals surface area contributed by atoms with Crippen molar-refractivity contribution in [2.45, 2.75) is 19.5 Å². The molecule has 1 N–H and O–H groups in total. The van der Waals surface area contributed by atoms with Gasteiger partial charge < -0.3 is 15.0 Å². The summed E-state index contributed by atoms with van der Waals surface area (Å²) >= 11 is 0. The minimum atomic E-state index is -0.947. The van der Waals surface area contributed by atoms with Crippen LogP contribution in [0.3, 0.4) is 0 Å². The summed E-state index contributed by atoms with van der Waals surface area (Å²) in [7, 11) is 4.03. The lowest BCUT2D eigenvalue weighted by molar-refractivity contribution is 0.347. The van der Waals surface area contributed by atoms with Crippen molar-refractivity contribution < 1.29 is 13.5 Å². The first-order valence-corrected chi connectivity index (χ1v) is 7.40. The molecule has 0 aliphatic rings. The molecule has 1 aromatic heterocycles. The van der Waals surface area contributed by atoms with E-state index in [9.17, 15) is 8.78 Å². The molecule has 0 radical (unpaired) electrons. The van der Waals surface area contributed by atoms with E-state index in [1.165, 1.54) is 6.07 Å². The summed E-state index contributed by atoms with van der Waals surface area (Å²) < 4.78 is 31.8. The second-order valence-electron chi connectivity index (χ2n) is 5.69. The highest BCUT2D eigenvalue weighted by Crippen LogP contribution is 2.24. The van der Waals surface area contributed by atoms with Crippen molar-refractivity contribution in [3.8, 4) is 11.6 Å². The topological polar surface area (TPSA) is 37.4 Å². The van der Waals surface area contributed by atoms with Gasteiger partial charge >= 0.3 is 0 Å². The Labute approximate surface area is 135 Å². The highest BCUT2D eigenvalue weighted by atomic mass is 19.2. The van der Waals surface area contributed by atoms with Crippen molar-refractivity contribution in [3.63, 3.8) is 0 Å². The molecule has 2 rings (SSSR count). The Bertz CT molecular complexity index is 649. The van der Waals surface area contributed by atoms with Crippen molar-refractivity contribution in [2.24, 2.45) is 0 Å². The first kappa shape index (κ1) is 17.3. The molecule has 0 unspecified atom stereocenters. The van der Waals surface area contributed by atoms with Crippen LogP contribution >= 0.6 is 0 Å². The van der Waals surface area contributed by atoms with Gasteiger partial charge in [-0.15, -0.1) is 0 Å². The van der Waals surface area contributed by atoms with Crippen LogP contribution in [0.1, 0.15) is 12.5 Å². The Hall–Kier alpha value is -2.05. The van der Waals surface area contributed by atoms with E-state index in [4.69, 9.17) is 4.74 Å². The number of hydrogen-bond donors (Lipinski definition) is 1. The molecule has 0 saturated heterocycles. The molecule has 4 nitrogen and oxygen atoms in total. The standard InChI is InChI=1S/C17H21F2N3O/c1-12(11-22(2)3)21-10-13-5-4-8-20-17(13)23-14-6-7-15(18)16(19)9-14/h4-9,12,21H,10-11H2,1-3H3/t12-/m0/s1. The van der Waals surface area contributed by atoms with Gasteiger partial charge in [-0.3, -0.25) is 0 Å². The summed E-state index contributed by atoms with van der Waals surface area (Å²) in [6.45, 7) is 3.56. The number of rotatable bonds is 7. The van der Waals surface area contributed by atoms with Gasteiger partial charge in [0.05, 0.1) is 0 Å². The molecule has 0 aliphatic carbocycles. The van der Waals surface area contributed by atoms with Gasteiger partial charge in [-0.1, -0.05) is 6.07 Å². The quantitative estimate of drug-likeness (QED) is 0.850. The Morgan fingerprint density at radius 1 is 1.22 bits per heavy atom. The first-order chi connectivity index (χ1) is 11.0. The normalized spacial score (nSPS) is 12.4. The van der Waals surface area contributed by atoms with Crippen LogP contribution in [0.5, 0.6) is 11.6 Å². The lowest BCUT2D eigenvalue weighted by Crippen LogP contribution is -2.35. The SMILES string of the molecule is C[C@@H](CN(C)C)NCc1cccnc1Oc1ccc(F)c(F)c1. The zero-order valence-corrected chi connectivity index (χ0v) is 13.5. The Morgan fingerprint density at radius 2 is 2.00 bits per heavy atom. The van der Waals surface area contributed by atoms with Crippen molar-refractivity contribution in [1.82, 2.24) is 15.2 Å². The van der Waals surface area contributed by atoms with Crippen LogP contribution in [-0.2, 0) is 6.54 Å². The third-order valence-electron chi connectivity index (χ3n) is 3.24. The molecule has 124 valence electrons. The van der Waals surface area contributed by atoms with E-state index >= 15 is 0 Å². The maximum Gasteiger partial charge on any atom is 0.223 e. The van der Waals surface area contributed by atoms with Gasteiger partial charge in [-0.25, -0.2) is 13.8 Å². The lowest BCUT2D eigenvalue weighted by Gasteiger charge is -2.19. The predicted molar refractivity (Wildman–Crippen MR) is 85.5 cm³/mol. The molecule has 0 amide bonds. The van der Waals surface area contributed by atoms with Crippen molar-refractivity contribution in [1.29, 1.82) is 0 Å². The lowest BCUT2D eigenvalue weighted by atomic mass is 10.2. The molecule has 0 saturated carbocycles. The Kier molecular flexibility index (Phi) is 6.01. The van der Waals surface area contributed by atoms with Crippen molar-refractivity contribution in [3.05, 3.63) is 53.7 Å². The van der Waals surface area contributed by atoms with Crippen LogP contribution in [0.15, 0.2) is 36.5 Å². The summed E-state index contributed by atoms with van der Waals surface area (Å²) in [5.74, 6) is -1.26. The molecule has 0 fully saturated rings. The molecular formula is C17H21F2N3O. The van der Waals surface area contributed by atoms with E-state index in [0.717, 1.165) is 24.2 Å². The number of nitrogens with zero attached hydrogens (tertiary/aromatic N) is 2. The Morgan fingerprint density at radius 3 is 2.70 bits per heavy atom. The second-order valence-corrected chi connectivity index (χ2v) is 5.69. The van der Waals surface area contributed by atoms with Gasteiger partial charge in [-0.05, 0) is 39.2 Å². The summed E-state index contributed by atoms with van der Waals surface area (Å²) in [6, 6.07) is 7.41. The van der Waals surface area contributed by atoms with Gasteiger partial charge in [0.25, 0.3) is 0 Å². The molecular weight excluding hydrogens is 300 g/mol. The summed E-state index contributed by atoms with van der Waals surface area (Å²) in [5.41, 5.74) is 0.850. The average molecular weight is 321 g/mol. The van der Waals surface area contributed by atoms with Crippen LogP contribution in [0, 0.1) is 11.6 Å². The molecule has 0 spiro atoms.